The number of fused-ring (bicyclic) bond motifs is 1. The third kappa shape index (κ3) is 1.03. The predicted molar refractivity (Wildman–Crippen MR) is 36.0 cm³/mol. The largest absolute Gasteiger partial charge is 0.527 e. The van der Waals surface area contributed by atoms with Crippen molar-refractivity contribution in [2.45, 2.75) is 30.4 Å². The van der Waals surface area contributed by atoms with E-state index in [2.05, 4.69) is 4.89 Å². The summed E-state index contributed by atoms with van der Waals surface area (Å²) in [5, 5.41) is 45.8. The lowest BCUT2D eigenvalue weighted by Gasteiger charge is -2.27. The lowest BCUT2D eigenvalue weighted by molar-refractivity contribution is -0.313. The average molecular weight is 195 g/mol. The summed E-state index contributed by atoms with van der Waals surface area (Å²) in [6, 6.07) is 0. The minimum atomic E-state index is -2.04. The Morgan fingerprint density at radius 2 is 1.85 bits per heavy atom. The molecule has 13 heavy (non-hydrogen) atoms. The third-order valence-corrected chi connectivity index (χ3v) is 2.35. The van der Waals surface area contributed by atoms with Gasteiger partial charge >= 0.3 is 5.97 Å². The molecule has 0 aliphatic carbocycles. The summed E-state index contributed by atoms with van der Waals surface area (Å²) in [7, 11) is 0. The van der Waals surface area contributed by atoms with Crippen LogP contribution >= 0.6 is 0 Å². The van der Waals surface area contributed by atoms with Crippen LogP contribution in [0.15, 0.2) is 0 Å². The fraction of sp³-hybridized carbons (Fsp3) is 1.00. The van der Waals surface area contributed by atoms with E-state index in [4.69, 9.17) is 5.11 Å². The fourth-order valence-electron chi connectivity index (χ4n) is 1.48. The highest BCUT2D eigenvalue weighted by atomic mass is 17.5. The van der Waals surface area contributed by atoms with Crippen LogP contribution in [0.4, 0.5) is 0 Å². The molecule has 0 aromatic heterocycles. The topological polar surface area (TPSA) is 116 Å². The molecule has 2 heterocycles. The maximum absolute atomic E-state index is 9.34. The summed E-state index contributed by atoms with van der Waals surface area (Å²) in [5.41, 5.74) is 0. The van der Waals surface area contributed by atoms with Crippen LogP contribution in [0.25, 0.3) is 0 Å². The number of aliphatic hydroxyl groups excluding tert-OH is 4. The van der Waals surface area contributed by atoms with Gasteiger partial charge in [0.1, 0.15) is 12.7 Å². The van der Waals surface area contributed by atoms with E-state index < -0.39 is 37.0 Å². The first-order chi connectivity index (χ1) is 6.02. The van der Waals surface area contributed by atoms with Gasteiger partial charge in [-0.1, -0.05) is 0 Å². The second kappa shape index (κ2) is 2.61. The van der Waals surface area contributed by atoms with E-state index in [-0.39, 0.29) is 0 Å². The fourth-order valence-corrected chi connectivity index (χ4v) is 1.48. The molecule has 2 fully saturated rings. The highest BCUT2D eigenvalue weighted by Crippen LogP contribution is 2.49. The maximum atomic E-state index is 9.34. The first kappa shape index (κ1) is 9.28. The van der Waals surface area contributed by atoms with Crippen LogP contribution < -0.4 is 0 Å². The molecule has 5 atom stereocenters. The molecule has 0 aromatic carbocycles. The first-order valence-corrected chi connectivity index (χ1v) is 3.82. The Bertz CT molecular complexity index is 217. The van der Waals surface area contributed by atoms with Crippen LogP contribution in [0, 0.1) is 0 Å². The highest BCUT2D eigenvalue weighted by Gasteiger charge is 2.82. The molecule has 2 saturated heterocycles. The number of rotatable bonds is 1. The summed E-state index contributed by atoms with van der Waals surface area (Å²) in [6.07, 6.45) is -5.56. The van der Waals surface area contributed by atoms with Crippen molar-refractivity contribution in [1.82, 2.24) is 0 Å². The molecule has 7 nitrogen and oxygen atoms in total. The van der Waals surface area contributed by atoms with Crippen molar-refractivity contribution in [2.75, 3.05) is 6.61 Å². The van der Waals surface area contributed by atoms with Crippen molar-refractivity contribution in [3.05, 3.63) is 0 Å². The van der Waals surface area contributed by atoms with E-state index in [0.29, 0.717) is 0 Å². The maximum Gasteiger partial charge on any atom is 0.527 e. The molecular weight excluding hydrogens is 184 g/mol. The molecule has 0 saturated carbocycles. The third-order valence-electron chi connectivity index (χ3n) is 2.35. The van der Waals surface area contributed by atoms with Gasteiger partial charge in [0.05, 0.1) is 0 Å². The van der Waals surface area contributed by atoms with Gasteiger partial charge in [0.15, 0.2) is 6.10 Å². The highest BCUT2D eigenvalue weighted by molar-refractivity contribution is 4.97. The summed E-state index contributed by atoms with van der Waals surface area (Å²) in [6.45, 7) is -0.516. The molecule has 2 rings (SSSR count). The molecule has 0 radical (unpaired) electrons. The zero-order chi connectivity index (χ0) is 9.80. The summed E-state index contributed by atoms with van der Waals surface area (Å²) < 4.78 is 1.70. The van der Waals surface area contributed by atoms with Crippen LogP contribution in [0.1, 0.15) is 0 Å². The number of hydrogen-bond acceptors (Lipinski definition) is 6. The summed E-state index contributed by atoms with van der Waals surface area (Å²) in [4.78, 5) is 4.50. The van der Waals surface area contributed by atoms with Gasteiger partial charge in [-0.15, -0.1) is 0 Å². The van der Waals surface area contributed by atoms with Crippen molar-refractivity contribution < 1.29 is 34.9 Å². The normalized spacial score (nSPS) is 56.1. The molecule has 5 N–H and O–H groups in total. The summed E-state index contributed by atoms with van der Waals surface area (Å²) >= 11 is 0. The van der Waals surface area contributed by atoms with E-state index in [1.807, 2.05) is 0 Å². The van der Waals surface area contributed by atoms with Gasteiger partial charge in [0, 0.05) is 4.89 Å². The van der Waals surface area contributed by atoms with Crippen LogP contribution in [-0.4, -0.2) is 62.5 Å². The average Bonchev–Trinajstić information content (AvgIpc) is 2.77. The molecule has 2 aliphatic rings. The Morgan fingerprint density at radius 3 is 2.38 bits per heavy atom. The molecule has 0 spiro atoms. The van der Waals surface area contributed by atoms with Crippen LogP contribution in [0.3, 0.4) is 0 Å². The Morgan fingerprint density at radius 1 is 1.23 bits per heavy atom. The second-order valence-corrected chi connectivity index (χ2v) is 3.16. The van der Waals surface area contributed by atoms with Gasteiger partial charge in [-0.05, 0) is 0 Å². The van der Waals surface area contributed by atoms with Gasteiger partial charge in [-0.25, -0.2) is 0 Å². The second-order valence-electron chi connectivity index (χ2n) is 3.16. The van der Waals surface area contributed by atoms with Crippen LogP contribution in [-0.2, 0) is 9.41 Å². The zero-order valence-corrected chi connectivity index (χ0v) is 6.57. The van der Waals surface area contributed by atoms with Crippen molar-refractivity contribution in [3.8, 4) is 0 Å². The van der Waals surface area contributed by atoms with Gasteiger partial charge in [-0.2, -0.15) is 4.52 Å². The molecule has 0 aromatic rings. The van der Waals surface area contributed by atoms with Crippen molar-refractivity contribution >= 4 is 0 Å². The zero-order valence-electron chi connectivity index (χ0n) is 6.57. The lowest BCUT2D eigenvalue weighted by Crippen LogP contribution is -2.58. The molecule has 7 heteroatoms. The minimum Gasteiger partial charge on any atom is -0.388 e. The van der Waals surface area contributed by atoms with Crippen LogP contribution in [0.2, 0.25) is 0 Å². The Hall–Kier alpha value is -0.280. The Balaban J connectivity index is 2.20. The van der Waals surface area contributed by atoms with Crippen molar-refractivity contribution in [1.29, 1.82) is 0 Å². The minimum absolute atomic E-state index is 0.516. The molecule has 0 amide bonds. The SMILES string of the molecule is OC[C@@H]1[C@@H](O)[C@H](O)[C@H](O)[C@@]2(O)O[O+]12. The Labute approximate surface area is 73.0 Å². The molecule has 2 aliphatic heterocycles. The number of aliphatic hydroxyl groups is 5. The Kier molecular flexibility index (Phi) is 1.86. The lowest BCUT2D eigenvalue weighted by atomic mass is 9.99. The van der Waals surface area contributed by atoms with Gasteiger partial charge in [0.2, 0.25) is 6.10 Å². The van der Waals surface area contributed by atoms with E-state index in [1.54, 1.807) is 4.52 Å². The van der Waals surface area contributed by atoms with Crippen molar-refractivity contribution in [3.63, 3.8) is 0 Å². The summed E-state index contributed by atoms with van der Waals surface area (Å²) in [5.74, 6) is -2.04. The van der Waals surface area contributed by atoms with E-state index in [9.17, 15) is 20.4 Å². The van der Waals surface area contributed by atoms with Crippen molar-refractivity contribution in [2.24, 2.45) is 0 Å². The monoisotopic (exact) mass is 195 g/mol. The first-order valence-electron chi connectivity index (χ1n) is 3.82. The van der Waals surface area contributed by atoms with Gasteiger partial charge < -0.3 is 20.4 Å². The van der Waals surface area contributed by atoms with Gasteiger partial charge in [-0.3, -0.25) is 5.11 Å². The molecule has 76 valence electrons. The molecule has 0 unspecified atom stereocenters. The number of hydrogen-bond donors (Lipinski definition) is 5. The smallest absolute Gasteiger partial charge is 0.388 e. The molecular formula is C6H11O7+. The van der Waals surface area contributed by atoms with E-state index in [0.717, 1.165) is 0 Å². The van der Waals surface area contributed by atoms with Crippen LogP contribution in [0.5, 0.6) is 0 Å². The van der Waals surface area contributed by atoms with E-state index in [1.165, 1.54) is 0 Å². The predicted octanol–water partition coefficient (Wildman–Crippen LogP) is -3.41. The molecule has 0 bridgehead atoms. The van der Waals surface area contributed by atoms with Gasteiger partial charge in [0.25, 0.3) is 6.10 Å². The standard InChI is InChI=1S/C6H11O7/c7-1-2-3(8)4(9)5(10)6(11)12-13(2)6/h2-5,7-11H,1H2/q+1/t2-,3-,4+,5+,6-/m1/s1. The quantitative estimate of drug-likeness (QED) is 0.169. The van der Waals surface area contributed by atoms with E-state index >= 15 is 0 Å².